The van der Waals surface area contributed by atoms with Crippen LogP contribution in [0.15, 0.2) is 21.7 Å². The van der Waals surface area contributed by atoms with E-state index in [1.807, 2.05) is 19.1 Å². The number of hydrogen-bond acceptors (Lipinski definition) is 6. The molecule has 2 aliphatic rings. The van der Waals surface area contributed by atoms with E-state index in [-0.39, 0.29) is 6.04 Å². The minimum absolute atomic E-state index is 0.139. The Hall–Kier alpha value is -2.79. The molecule has 4 rings (SSSR count). The van der Waals surface area contributed by atoms with Crippen molar-refractivity contribution in [3.63, 3.8) is 0 Å². The van der Waals surface area contributed by atoms with Gasteiger partial charge in [-0.15, -0.1) is 0 Å². The lowest BCUT2D eigenvalue weighted by atomic mass is 10.0. The molecule has 2 fully saturated rings. The summed E-state index contributed by atoms with van der Waals surface area (Å²) in [5.74, 6) is 6.37. The van der Waals surface area contributed by atoms with Crippen molar-refractivity contribution in [3.8, 4) is 6.07 Å². The first kappa shape index (κ1) is 20.5. The molecule has 2 N–H and O–H groups in total. The van der Waals surface area contributed by atoms with Crippen molar-refractivity contribution >= 4 is 16.6 Å². The average molecular weight is 411 g/mol. The van der Waals surface area contributed by atoms with Crippen LogP contribution >= 0.6 is 0 Å². The van der Waals surface area contributed by atoms with Crippen molar-refractivity contribution in [2.45, 2.75) is 45.1 Å². The van der Waals surface area contributed by atoms with Crippen LogP contribution in [0.5, 0.6) is 0 Å². The van der Waals surface area contributed by atoms with E-state index in [4.69, 9.17) is 11.1 Å². The van der Waals surface area contributed by atoms with Crippen molar-refractivity contribution in [1.82, 2.24) is 14.1 Å². The molecular formula is C22H30N6O2. The van der Waals surface area contributed by atoms with Crippen LogP contribution in [0.3, 0.4) is 0 Å². The first-order valence-corrected chi connectivity index (χ1v) is 10.8. The summed E-state index contributed by atoms with van der Waals surface area (Å²) < 4.78 is 2.47. The number of aryl methyl sites for hydroxylation is 1. The number of fused-ring (bicyclic) bond motifs is 1. The van der Waals surface area contributed by atoms with Gasteiger partial charge >= 0.3 is 5.69 Å². The summed E-state index contributed by atoms with van der Waals surface area (Å²) in [6.07, 6.45) is 4.69. The summed E-state index contributed by atoms with van der Waals surface area (Å²) in [5, 5.41) is 9.25. The van der Waals surface area contributed by atoms with Crippen LogP contribution in [0.4, 0.5) is 5.69 Å². The van der Waals surface area contributed by atoms with Gasteiger partial charge in [-0.1, -0.05) is 0 Å². The molecule has 2 heterocycles. The van der Waals surface area contributed by atoms with Crippen LogP contribution in [0.2, 0.25) is 0 Å². The highest BCUT2D eigenvalue weighted by atomic mass is 16.2. The first-order chi connectivity index (χ1) is 14.4. The maximum absolute atomic E-state index is 12.7. The normalized spacial score (nSPS) is 19.0. The lowest BCUT2D eigenvalue weighted by molar-refractivity contribution is 0.312. The van der Waals surface area contributed by atoms with Crippen LogP contribution in [-0.2, 0) is 0 Å². The van der Waals surface area contributed by atoms with Crippen molar-refractivity contribution in [3.05, 3.63) is 38.5 Å². The fraction of sp³-hybridized carbons (Fsp3) is 0.591. The van der Waals surface area contributed by atoms with E-state index >= 15 is 0 Å². The monoisotopic (exact) mass is 410 g/mol. The van der Waals surface area contributed by atoms with Gasteiger partial charge in [0.15, 0.2) is 0 Å². The second-order valence-corrected chi connectivity index (χ2v) is 8.77. The minimum atomic E-state index is -0.429. The van der Waals surface area contributed by atoms with Gasteiger partial charge in [0.1, 0.15) is 0 Å². The molecule has 0 radical (unpaired) electrons. The molecule has 8 nitrogen and oxygen atoms in total. The zero-order valence-electron chi connectivity index (χ0n) is 17.8. The summed E-state index contributed by atoms with van der Waals surface area (Å²) in [5.41, 5.74) is 1.98. The number of aromatic nitrogens is 2. The summed E-state index contributed by atoms with van der Waals surface area (Å²) in [7, 11) is 2.07. The van der Waals surface area contributed by atoms with Gasteiger partial charge in [0, 0.05) is 37.8 Å². The molecule has 1 saturated carbocycles. The second-order valence-electron chi connectivity index (χ2n) is 8.77. The molecule has 2 aromatic rings. The lowest BCUT2D eigenvalue weighted by Crippen LogP contribution is -2.44. The molecule has 1 aliphatic carbocycles. The zero-order chi connectivity index (χ0) is 21.4. The predicted octanol–water partition coefficient (Wildman–Crippen LogP) is 1.58. The van der Waals surface area contributed by atoms with Crippen molar-refractivity contribution in [1.29, 1.82) is 5.26 Å². The van der Waals surface area contributed by atoms with Crippen molar-refractivity contribution < 1.29 is 0 Å². The van der Waals surface area contributed by atoms with Crippen LogP contribution in [0.1, 0.15) is 43.7 Å². The third kappa shape index (κ3) is 3.70. The van der Waals surface area contributed by atoms with Gasteiger partial charge < -0.3 is 15.6 Å². The molecule has 1 unspecified atom stereocenters. The van der Waals surface area contributed by atoms with E-state index in [0.29, 0.717) is 17.7 Å². The van der Waals surface area contributed by atoms with Crippen molar-refractivity contribution in [2.24, 2.45) is 5.92 Å². The number of hydrogen-bond donors (Lipinski definition) is 1. The smallest absolute Gasteiger partial charge is 0.350 e. The highest BCUT2D eigenvalue weighted by Crippen LogP contribution is 2.38. The van der Waals surface area contributed by atoms with Gasteiger partial charge in [0.05, 0.1) is 17.0 Å². The number of nitrogen functional groups attached to an aromatic ring is 1. The van der Waals surface area contributed by atoms with Crippen LogP contribution < -0.4 is 22.0 Å². The Morgan fingerprint density at radius 2 is 2.00 bits per heavy atom. The van der Waals surface area contributed by atoms with E-state index in [0.717, 1.165) is 73.3 Å². The Morgan fingerprint density at radius 1 is 1.23 bits per heavy atom. The first-order valence-electron chi connectivity index (χ1n) is 10.8. The lowest BCUT2D eigenvalue weighted by Gasteiger charge is -2.24. The van der Waals surface area contributed by atoms with E-state index in [1.54, 1.807) is 4.57 Å². The maximum atomic E-state index is 12.7. The molecule has 1 saturated heterocycles. The fourth-order valence-corrected chi connectivity index (χ4v) is 4.66. The highest BCUT2D eigenvalue weighted by Gasteiger charge is 2.30. The molecule has 1 aromatic heterocycles. The standard InChI is InChI=1S/C22H30N6O2/c1-15-19(26-13-9-16(14-26)8-12-25(2)11-3-10-23)7-6-18-20(15)27(17-4-5-17)22(30)28(24)21(18)29/h6-7,16-17H,3-5,8-9,11-14,24H2,1-2H3. The topological polar surface area (TPSA) is 100 Å². The molecule has 1 aromatic carbocycles. The van der Waals surface area contributed by atoms with E-state index < -0.39 is 11.2 Å². The summed E-state index contributed by atoms with van der Waals surface area (Å²) in [4.78, 5) is 29.9. The second kappa shape index (κ2) is 8.15. The maximum Gasteiger partial charge on any atom is 0.350 e. The van der Waals surface area contributed by atoms with Gasteiger partial charge in [0.2, 0.25) is 0 Å². The predicted molar refractivity (Wildman–Crippen MR) is 118 cm³/mol. The molecule has 1 atom stereocenters. The van der Waals surface area contributed by atoms with Gasteiger partial charge in [-0.2, -0.15) is 9.94 Å². The molecule has 0 spiro atoms. The van der Waals surface area contributed by atoms with Gasteiger partial charge in [-0.05, 0) is 69.8 Å². The molecular weight excluding hydrogens is 380 g/mol. The largest absolute Gasteiger partial charge is 0.371 e. The van der Waals surface area contributed by atoms with Gasteiger partial charge in [-0.25, -0.2) is 4.79 Å². The van der Waals surface area contributed by atoms with E-state index in [9.17, 15) is 9.59 Å². The molecule has 1 aliphatic heterocycles. The fourth-order valence-electron chi connectivity index (χ4n) is 4.66. The Balaban J connectivity index is 1.59. The zero-order valence-corrected chi connectivity index (χ0v) is 17.8. The van der Waals surface area contributed by atoms with Gasteiger partial charge in [0.25, 0.3) is 5.56 Å². The SMILES string of the molecule is Cc1c(N2CCC(CCN(C)CCC#N)C2)ccc2c(=O)n(N)c(=O)n(C3CC3)c12. The molecule has 0 amide bonds. The number of nitrogens with two attached hydrogens (primary N) is 1. The number of nitrogens with zero attached hydrogens (tertiary/aromatic N) is 5. The number of benzene rings is 1. The van der Waals surface area contributed by atoms with Crippen LogP contribution in [-0.4, -0.2) is 47.4 Å². The number of rotatable bonds is 7. The molecule has 8 heteroatoms. The Labute approximate surface area is 176 Å². The molecule has 160 valence electrons. The average Bonchev–Trinajstić information content (AvgIpc) is 3.46. The van der Waals surface area contributed by atoms with Crippen LogP contribution in [0, 0.1) is 24.2 Å². The van der Waals surface area contributed by atoms with Gasteiger partial charge in [-0.3, -0.25) is 9.36 Å². The molecule has 0 bridgehead atoms. The highest BCUT2D eigenvalue weighted by molar-refractivity contribution is 5.87. The van der Waals surface area contributed by atoms with Crippen LogP contribution in [0.25, 0.3) is 10.9 Å². The van der Waals surface area contributed by atoms with Crippen molar-refractivity contribution in [2.75, 3.05) is 44.0 Å². The third-order valence-corrected chi connectivity index (χ3v) is 6.57. The Morgan fingerprint density at radius 3 is 2.70 bits per heavy atom. The van der Waals surface area contributed by atoms with E-state index in [2.05, 4.69) is 22.9 Å². The third-order valence-electron chi connectivity index (χ3n) is 6.57. The minimum Gasteiger partial charge on any atom is -0.371 e. The molecule has 30 heavy (non-hydrogen) atoms. The Bertz CT molecular complexity index is 1110. The number of nitriles is 1. The summed E-state index contributed by atoms with van der Waals surface area (Å²) >= 11 is 0. The Kier molecular flexibility index (Phi) is 5.56. The van der Waals surface area contributed by atoms with E-state index in [1.165, 1.54) is 0 Å². The number of anilines is 1. The summed E-state index contributed by atoms with van der Waals surface area (Å²) in [6, 6.07) is 6.16. The summed E-state index contributed by atoms with van der Waals surface area (Å²) in [6.45, 7) is 5.77. The quantitative estimate of drug-likeness (QED) is 0.696.